The highest BCUT2D eigenvalue weighted by atomic mass is 35.5. The zero-order valence-corrected chi connectivity index (χ0v) is 20.5. The summed E-state index contributed by atoms with van der Waals surface area (Å²) in [6, 6.07) is 5.70. The summed E-state index contributed by atoms with van der Waals surface area (Å²) in [7, 11) is 0. The van der Waals surface area contributed by atoms with Gasteiger partial charge in [0.2, 0.25) is 5.90 Å². The van der Waals surface area contributed by atoms with Gasteiger partial charge in [0.15, 0.2) is 5.82 Å². The Morgan fingerprint density at radius 1 is 1.35 bits per heavy atom. The van der Waals surface area contributed by atoms with E-state index in [0.29, 0.717) is 43.5 Å². The molecule has 0 amide bonds. The summed E-state index contributed by atoms with van der Waals surface area (Å²) >= 11 is 12.0. The summed E-state index contributed by atoms with van der Waals surface area (Å²) in [5, 5.41) is 6.84. The van der Waals surface area contributed by atoms with E-state index in [1.54, 1.807) is 12.3 Å². The van der Waals surface area contributed by atoms with E-state index in [0.717, 1.165) is 11.3 Å². The number of anilines is 1. The lowest BCUT2D eigenvalue weighted by Crippen LogP contribution is -2.33. The normalized spacial score (nSPS) is 12.2. The molecule has 0 saturated heterocycles. The molecule has 4 N–H and O–H groups in total. The standard InChI is InChI=1S/C23H29Cl2N7O2/c1-3-6-18(13-17(2)24)14-30-21(34-26)16-27-11-12-32-20(25)15-31-22(23(32)33)29-10-8-19-7-4-5-9-28-19/h3-7,9,13,15,27H,2,8,10-12,14,16,26H2,1H3,(H,29,31)/b6-3?,18-13+,30-21?. The Morgan fingerprint density at radius 2 is 2.18 bits per heavy atom. The van der Waals surface area contributed by atoms with Crippen molar-refractivity contribution in [3.05, 3.63) is 87.2 Å². The first-order valence-corrected chi connectivity index (χ1v) is 11.4. The minimum Gasteiger partial charge on any atom is -0.395 e. The summed E-state index contributed by atoms with van der Waals surface area (Å²) in [4.78, 5) is 30.3. The van der Waals surface area contributed by atoms with Gasteiger partial charge in [-0.25, -0.2) is 9.98 Å². The van der Waals surface area contributed by atoms with Gasteiger partial charge < -0.3 is 15.5 Å². The number of aromatic nitrogens is 3. The van der Waals surface area contributed by atoms with Crippen LogP contribution in [0.15, 0.2) is 75.8 Å². The lowest BCUT2D eigenvalue weighted by molar-refractivity contribution is 0.310. The molecule has 2 rings (SSSR count). The number of pyridine rings is 1. The van der Waals surface area contributed by atoms with Crippen LogP contribution in [0.2, 0.25) is 5.15 Å². The van der Waals surface area contributed by atoms with Crippen LogP contribution in [-0.4, -0.2) is 46.6 Å². The number of rotatable bonds is 13. The Bertz CT molecular complexity index is 1080. The third-order valence-electron chi connectivity index (χ3n) is 4.49. The van der Waals surface area contributed by atoms with Crippen LogP contribution in [0, 0.1) is 0 Å². The third-order valence-corrected chi connectivity index (χ3v) is 4.90. The molecule has 0 spiro atoms. The van der Waals surface area contributed by atoms with Gasteiger partial charge in [-0.3, -0.25) is 14.3 Å². The quantitative estimate of drug-likeness (QED) is 0.126. The second-order valence-corrected chi connectivity index (χ2v) is 7.93. The molecule has 0 bridgehead atoms. The van der Waals surface area contributed by atoms with Crippen molar-refractivity contribution in [1.82, 2.24) is 19.9 Å². The Kier molecular flexibility index (Phi) is 12.0. The van der Waals surface area contributed by atoms with E-state index in [1.807, 2.05) is 37.3 Å². The van der Waals surface area contributed by atoms with Crippen LogP contribution < -0.4 is 22.1 Å². The van der Waals surface area contributed by atoms with Crippen LogP contribution in [0.5, 0.6) is 0 Å². The maximum absolute atomic E-state index is 12.8. The molecule has 0 aliphatic carbocycles. The second-order valence-electron chi connectivity index (χ2n) is 7.05. The molecule has 0 aromatic carbocycles. The summed E-state index contributed by atoms with van der Waals surface area (Å²) in [5.41, 5.74) is 1.48. The van der Waals surface area contributed by atoms with Crippen LogP contribution in [0.25, 0.3) is 0 Å². The fraction of sp³-hybridized carbons (Fsp3) is 0.304. The Labute approximate surface area is 209 Å². The maximum atomic E-state index is 12.8. The van der Waals surface area contributed by atoms with Gasteiger partial charge in [-0.05, 0) is 30.7 Å². The van der Waals surface area contributed by atoms with E-state index in [4.69, 9.17) is 33.9 Å². The molecule has 34 heavy (non-hydrogen) atoms. The van der Waals surface area contributed by atoms with Gasteiger partial charge in [-0.2, -0.15) is 5.90 Å². The molecule has 0 aliphatic rings. The second kappa shape index (κ2) is 15.0. The summed E-state index contributed by atoms with van der Waals surface area (Å²) in [5.74, 6) is 5.87. The van der Waals surface area contributed by atoms with Crippen molar-refractivity contribution in [2.45, 2.75) is 19.9 Å². The highest BCUT2D eigenvalue weighted by molar-refractivity contribution is 6.30. The highest BCUT2D eigenvalue weighted by Gasteiger charge is 2.09. The van der Waals surface area contributed by atoms with Crippen LogP contribution in [0.3, 0.4) is 0 Å². The lowest BCUT2D eigenvalue weighted by Gasteiger charge is -2.12. The largest absolute Gasteiger partial charge is 0.395 e. The number of nitrogens with two attached hydrogens (primary N) is 1. The molecule has 11 heteroatoms. The number of nitrogens with zero attached hydrogens (tertiary/aromatic N) is 4. The molecule has 9 nitrogen and oxygen atoms in total. The molecule has 0 unspecified atom stereocenters. The van der Waals surface area contributed by atoms with Crippen molar-refractivity contribution >= 4 is 34.9 Å². The van der Waals surface area contributed by atoms with E-state index >= 15 is 0 Å². The van der Waals surface area contributed by atoms with Crippen LogP contribution in [-0.2, 0) is 17.8 Å². The molecule has 0 aliphatic heterocycles. The number of halogens is 2. The molecular weight excluding hydrogens is 477 g/mol. The minimum atomic E-state index is -0.304. The molecule has 0 saturated carbocycles. The molecular formula is C23H29Cl2N7O2. The van der Waals surface area contributed by atoms with Gasteiger partial charge in [-0.1, -0.05) is 48.0 Å². The third kappa shape index (κ3) is 9.48. The molecule has 2 heterocycles. The Hall–Kier alpha value is -2.98. The van der Waals surface area contributed by atoms with Crippen molar-refractivity contribution in [1.29, 1.82) is 0 Å². The van der Waals surface area contributed by atoms with Gasteiger partial charge in [0.05, 0.1) is 19.3 Å². The van der Waals surface area contributed by atoms with Crippen LogP contribution >= 0.6 is 23.2 Å². The first-order valence-electron chi connectivity index (χ1n) is 10.6. The van der Waals surface area contributed by atoms with Crippen molar-refractivity contribution in [2.75, 3.05) is 31.5 Å². The first-order chi connectivity index (χ1) is 16.4. The molecule has 2 aromatic heterocycles. The lowest BCUT2D eigenvalue weighted by atomic mass is 10.2. The van der Waals surface area contributed by atoms with E-state index in [-0.39, 0.29) is 23.1 Å². The van der Waals surface area contributed by atoms with Gasteiger partial charge in [-0.15, -0.1) is 0 Å². The first kappa shape index (κ1) is 27.3. The van der Waals surface area contributed by atoms with E-state index in [1.165, 1.54) is 10.8 Å². The van der Waals surface area contributed by atoms with Crippen molar-refractivity contribution in [3.63, 3.8) is 0 Å². The predicted molar refractivity (Wildman–Crippen MR) is 138 cm³/mol. The Morgan fingerprint density at radius 3 is 2.85 bits per heavy atom. The molecule has 182 valence electrons. The van der Waals surface area contributed by atoms with Crippen molar-refractivity contribution in [3.8, 4) is 0 Å². The number of aliphatic imine (C=N–C) groups is 1. The smallest absolute Gasteiger partial charge is 0.294 e. The number of hydrogen-bond donors (Lipinski definition) is 3. The van der Waals surface area contributed by atoms with Gasteiger partial charge in [0.1, 0.15) is 5.15 Å². The zero-order valence-electron chi connectivity index (χ0n) is 19.0. The van der Waals surface area contributed by atoms with Crippen molar-refractivity contribution < 1.29 is 4.84 Å². The monoisotopic (exact) mass is 505 g/mol. The van der Waals surface area contributed by atoms with E-state index in [2.05, 4.69) is 32.2 Å². The summed E-state index contributed by atoms with van der Waals surface area (Å²) in [6.45, 7) is 7.41. The summed E-state index contributed by atoms with van der Waals surface area (Å²) < 4.78 is 1.43. The number of allylic oxidation sites excluding steroid dienone is 3. The average molecular weight is 506 g/mol. The Balaban J connectivity index is 1.90. The molecule has 0 radical (unpaired) electrons. The van der Waals surface area contributed by atoms with Gasteiger partial charge in [0, 0.05) is 43.0 Å². The predicted octanol–water partition coefficient (Wildman–Crippen LogP) is 3.08. The maximum Gasteiger partial charge on any atom is 0.294 e. The molecule has 0 atom stereocenters. The highest BCUT2D eigenvalue weighted by Crippen LogP contribution is 2.08. The SMILES string of the molecule is C=C(Cl)/C=C(\C=CC)CN=C(CNCCn1c(Cl)cnc(NCCc2ccccn2)c1=O)ON. The fourth-order valence-electron chi connectivity index (χ4n) is 2.91. The average Bonchev–Trinajstić information content (AvgIpc) is 2.82. The van der Waals surface area contributed by atoms with Gasteiger partial charge in [0.25, 0.3) is 5.56 Å². The topological polar surface area (TPSA) is 119 Å². The minimum absolute atomic E-state index is 0.233. The van der Waals surface area contributed by atoms with Gasteiger partial charge >= 0.3 is 0 Å². The van der Waals surface area contributed by atoms with E-state index in [9.17, 15) is 4.79 Å². The summed E-state index contributed by atoms with van der Waals surface area (Å²) in [6.07, 6.45) is 9.31. The van der Waals surface area contributed by atoms with Crippen molar-refractivity contribution in [2.24, 2.45) is 10.9 Å². The number of nitrogens with one attached hydrogen (secondary N) is 2. The number of hydrogen-bond acceptors (Lipinski definition) is 8. The van der Waals surface area contributed by atoms with Crippen LogP contribution in [0.1, 0.15) is 12.6 Å². The van der Waals surface area contributed by atoms with E-state index < -0.39 is 0 Å². The fourth-order valence-corrected chi connectivity index (χ4v) is 3.26. The molecule has 0 fully saturated rings. The zero-order chi connectivity index (χ0) is 24.8. The molecule has 2 aromatic rings. The van der Waals surface area contributed by atoms with Crippen LogP contribution in [0.4, 0.5) is 5.82 Å².